The number of alkyl halides is 3. The quantitative estimate of drug-likeness (QED) is 0.708. The number of anilines is 1. The predicted molar refractivity (Wildman–Crippen MR) is 100 cm³/mol. The van der Waals surface area contributed by atoms with E-state index in [-0.39, 0.29) is 0 Å². The highest BCUT2D eigenvalue weighted by Gasteiger charge is 2.30. The van der Waals surface area contributed by atoms with Gasteiger partial charge in [-0.2, -0.15) is 18.3 Å². The second kappa shape index (κ2) is 6.88. The van der Waals surface area contributed by atoms with Gasteiger partial charge in [0.15, 0.2) is 0 Å². The molecule has 1 aliphatic heterocycles. The third kappa shape index (κ3) is 3.64. The Hall–Kier alpha value is -2.54. The molecule has 0 bridgehead atoms. The normalized spacial score (nSPS) is 16.0. The van der Waals surface area contributed by atoms with Crippen molar-refractivity contribution in [2.75, 3.05) is 18.4 Å². The Morgan fingerprint density at radius 3 is 2.63 bits per heavy atom. The molecule has 4 nitrogen and oxygen atoms in total. The van der Waals surface area contributed by atoms with Crippen LogP contribution in [0, 0.1) is 6.92 Å². The Morgan fingerprint density at radius 1 is 1.11 bits per heavy atom. The van der Waals surface area contributed by atoms with Gasteiger partial charge in [-0.3, -0.25) is 0 Å². The monoisotopic (exact) mass is 374 g/mol. The van der Waals surface area contributed by atoms with E-state index in [2.05, 4.69) is 15.7 Å². The topological polar surface area (TPSA) is 41.9 Å². The lowest BCUT2D eigenvalue weighted by atomic mass is 10.1. The molecule has 0 atom stereocenters. The van der Waals surface area contributed by atoms with Gasteiger partial charge in [-0.15, -0.1) is 0 Å². The van der Waals surface area contributed by atoms with Crippen molar-refractivity contribution in [2.45, 2.75) is 32.0 Å². The molecule has 0 saturated carbocycles. The zero-order chi connectivity index (χ0) is 19.0. The van der Waals surface area contributed by atoms with E-state index >= 15 is 0 Å². The second-order valence-electron chi connectivity index (χ2n) is 6.95. The van der Waals surface area contributed by atoms with Crippen LogP contribution in [0.5, 0.6) is 0 Å². The maximum absolute atomic E-state index is 13.0. The average molecular weight is 374 g/mol. The molecule has 1 aromatic heterocycles. The minimum absolute atomic E-state index is 0.405. The molecule has 4 rings (SSSR count). The molecule has 7 heteroatoms. The van der Waals surface area contributed by atoms with Gasteiger partial charge in [-0.05, 0) is 69.3 Å². The van der Waals surface area contributed by atoms with Gasteiger partial charge in [0.2, 0.25) is 0 Å². The highest BCUT2D eigenvalue weighted by atomic mass is 19.4. The summed E-state index contributed by atoms with van der Waals surface area (Å²) in [5, 5.41) is 12.3. The summed E-state index contributed by atoms with van der Waals surface area (Å²) >= 11 is 0. The van der Waals surface area contributed by atoms with E-state index in [4.69, 9.17) is 0 Å². The maximum Gasteiger partial charge on any atom is 0.416 e. The molecule has 27 heavy (non-hydrogen) atoms. The molecule has 0 aliphatic carbocycles. The van der Waals surface area contributed by atoms with Crippen LogP contribution in [0.15, 0.2) is 42.5 Å². The number of aromatic nitrogens is 2. The first-order valence-corrected chi connectivity index (χ1v) is 9.06. The van der Waals surface area contributed by atoms with E-state index in [1.54, 1.807) is 10.7 Å². The average Bonchev–Trinajstić information content (AvgIpc) is 2.98. The van der Waals surface area contributed by atoms with Gasteiger partial charge in [-0.1, -0.05) is 6.07 Å². The van der Waals surface area contributed by atoms with E-state index in [1.165, 1.54) is 6.07 Å². The molecule has 142 valence electrons. The summed E-state index contributed by atoms with van der Waals surface area (Å²) in [5.41, 5.74) is 2.33. The zero-order valence-corrected chi connectivity index (χ0v) is 15.0. The number of nitrogens with one attached hydrogen (secondary N) is 2. The van der Waals surface area contributed by atoms with E-state index in [0.717, 1.165) is 60.3 Å². The minimum Gasteiger partial charge on any atom is -0.382 e. The molecule has 0 spiro atoms. The number of hydrogen-bond donors (Lipinski definition) is 2. The second-order valence-corrected chi connectivity index (χ2v) is 6.95. The van der Waals surface area contributed by atoms with Crippen LogP contribution in [0.2, 0.25) is 0 Å². The molecule has 2 heterocycles. The minimum atomic E-state index is -4.38. The molecule has 3 aromatic rings. The molecular formula is C20H21F3N4. The van der Waals surface area contributed by atoms with Gasteiger partial charge in [0.05, 0.1) is 22.5 Å². The van der Waals surface area contributed by atoms with Crippen LogP contribution in [-0.4, -0.2) is 28.9 Å². The number of aryl methyl sites for hydroxylation is 1. The number of hydrogen-bond acceptors (Lipinski definition) is 3. The summed E-state index contributed by atoms with van der Waals surface area (Å²) in [6.45, 7) is 3.89. The van der Waals surface area contributed by atoms with Crippen molar-refractivity contribution >= 4 is 16.6 Å². The number of halogens is 3. The molecule has 0 unspecified atom stereocenters. The lowest BCUT2D eigenvalue weighted by Gasteiger charge is -2.24. The van der Waals surface area contributed by atoms with Gasteiger partial charge in [0, 0.05) is 17.1 Å². The number of fused-ring (bicyclic) bond motifs is 1. The molecule has 1 fully saturated rings. The number of benzene rings is 2. The Labute approximate surface area is 155 Å². The first kappa shape index (κ1) is 17.9. The third-order valence-corrected chi connectivity index (χ3v) is 4.99. The van der Waals surface area contributed by atoms with E-state index in [0.29, 0.717) is 11.7 Å². The van der Waals surface area contributed by atoms with Crippen LogP contribution >= 0.6 is 0 Å². The van der Waals surface area contributed by atoms with Crippen molar-refractivity contribution in [1.29, 1.82) is 0 Å². The largest absolute Gasteiger partial charge is 0.416 e. The van der Waals surface area contributed by atoms with Gasteiger partial charge in [0.1, 0.15) is 0 Å². The van der Waals surface area contributed by atoms with Crippen LogP contribution in [0.1, 0.15) is 24.1 Å². The Kier molecular flexibility index (Phi) is 4.55. The summed E-state index contributed by atoms with van der Waals surface area (Å²) in [6.07, 6.45) is -2.24. The lowest BCUT2D eigenvalue weighted by molar-refractivity contribution is -0.137. The first-order valence-electron chi connectivity index (χ1n) is 9.06. The molecular weight excluding hydrogens is 353 g/mol. The first-order chi connectivity index (χ1) is 12.9. The Bertz CT molecular complexity index is 956. The highest BCUT2D eigenvalue weighted by Crippen LogP contribution is 2.32. The number of piperidine rings is 1. The molecule has 0 amide bonds. The smallest absolute Gasteiger partial charge is 0.382 e. The molecule has 1 aliphatic rings. The Morgan fingerprint density at radius 2 is 1.89 bits per heavy atom. The highest BCUT2D eigenvalue weighted by molar-refractivity contribution is 5.86. The van der Waals surface area contributed by atoms with Crippen LogP contribution in [0.25, 0.3) is 16.6 Å². The molecule has 1 saturated heterocycles. The SMILES string of the molecule is Cc1nn(-c2cccc(C(F)(F)F)c2)c2ccc(NC3CCNCC3)cc12. The van der Waals surface area contributed by atoms with Crippen molar-refractivity contribution in [3.8, 4) is 5.69 Å². The van der Waals surface area contributed by atoms with Crippen molar-refractivity contribution in [1.82, 2.24) is 15.1 Å². The zero-order valence-electron chi connectivity index (χ0n) is 15.0. The van der Waals surface area contributed by atoms with E-state index in [1.807, 2.05) is 25.1 Å². The third-order valence-electron chi connectivity index (χ3n) is 4.99. The van der Waals surface area contributed by atoms with Crippen molar-refractivity contribution < 1.29 is 13.2 Å². The summed E-state index contributed by atoms with van der Waals surface area (Å²) < 4.78 is 40.7. The summed E-state index contributed by atoms with van der Waals surface area (Å²) in [5.74, 6) is 0. The van der Waals surface area contributed by atoms with Gasteiger partial charge >= 0.3 is 6.18 Å². The molecule has 0 radical (unpaired) electrons. The van der Waals surface area contributed by atoms with Crippen molar-refractivity contribution in [3.63, 3.8) is 0 Å². The molecule has 2 N–H and O–H groups in total. The van der Waals surface area contributed by atoms with Crippen LogP contribution in [-0.2, 0) is 6.18 Å². The fourth-order valence-corrected chi connectivity index (χ4v) is 3.57. The summed E-state index contributed by atoms with van der Waals surface area (Å²) in [6, 6.07) is 11.6. The van der Waals surface area contributed by atoms with Gasteiger partial charge < -0.3 is 10.6 Å². The lowest BCUT2D eigenvalue weighted by Crippen LogP contribution is -2.35. The standard InChI is InChI=1S/C20H21F3N4/c1-13-18-12-16(25-15-7-9-24-10-8-15)5-6-19(18)27(26-13)17-4-2-3-14(11-17)20(21,22)23/h2-6,11-12,15,24-25H,7-10H2,1H3. The number of nitrogens with zero attached hydrogens (tertiary/aromatic N) is 2. The Balaban J connectivity index is 1.69. The van der Waals surface area contributed by atoms with Crippen molar-refractivity contribution in [2.24, 2.45) is 0 Å². The maximum atomic E-state index is 13.0. The van der Waals surface area contributed by atoms with Crippen LogP contribution < -0.4 is 10.6 Å². The molecule has 2 aromatic carbocycles. The number of rotatable bonds is 3. The fourth-order valence-electron chi connectivity index (χ4n) is 3.57. The van der Waals surface area contributed by atoms with E-state index in [9.17, 15) is 13.2 Å². The van der Waals surface area contributed by atoms with Crippen molar-refractivity contribution in [3.05, 3.63) is 53.7 Å². The van der Waals surface area contributed by atoms with Crippen LogP contribution in [0.3, 0.4) is 0 Å². The van der Waals surface area contributed by atoms with Gasteiger partial charge in [-0.25, -0.2) is 4.68 Å². The fraction of sp³-hybridized carbons (Fsp3) is 0.350. The van der Waals surface area contributed by atoms with E-state index < -0.39 is 11.7 Å². The predicted octanol–water partition coefficient (Wildman–Crippen LogP) is 4.52. The summed E-state index contributed by atoms with van der Waals surface area (Å²) in [7, 11) is 0. The van der Waals surface area contributed by atoms with Gasteiger partial charge in [0.25, 0.3) is 0 Å². The van der Waals surface area contributed by atoms with Crippen LogP contribution in [0.4, 0.5) is 18.9 Å². The summed E-state index contributed by atoms with van der Waals surface area (Å²) in [4.78, 5) is 0.